The van der Waals surface area contributed by atoms with Gasteiger partial charge in [0.1, 0.15) is 15.7 Å². The van der Waals surface area contributed by atoms with Crippen molar-refractivity contribution < 1.29 is 4.79 Å². The number of amides is 1. The number of nitrogens with one attached hydrogen (secondary N) is 1. The molecule has 32 heavy (non-hydrogen) atoms. The molecule has 0 aliphatic carbocycles. The summed E-state index contributed by atoms with van der Waals surface area (Å²) in [6.45, 7) is 4.50. The Kier molecular flexibility index (Phi) is 6.60. The molecule has 4 rings (SSSR count). The highest BCUT2D eigenvalue weighted by Gasteiger charge is 2.23. The maximum Gasteiger partial charge on any atom is 0.266 e. The van der Waals surface area contributed by atoms with E-state index >= 15 is 0 Å². The van der Waals surface area contributed by atoms with Gasteiger partial charge in [-0.25, -0.2) is 9.97 Å². The minimum Gasteiger partial charge on any atom is -0.330 e. The lowest BCUT2D eigenvalue weighted by molar-refractivity contribution is 0.0743. The van der Waals surface area contributed by atoms with Crippen molar-refractivity contribution in [2.75, 3.05) is 6.54 Å². The first-order valence-corrected chi connectivity index (χ1v) is 11.6. The van der Waals surface area contributed by atoms with E-state index in [1.807, 2.05) is 32.0 Å². The fourth-order valence-electron chi connectivity index (χ4n) is 3.42. The third kappa shape index (κ3) is 4.70. The van der Waals surface area contributed by atoms with E-state index in [-0.39, 0.29) is 18.0 Å². The van der Waals surface area contributed by atoms with E-state index in [0.29, 0.717) is 43.9 Å². The number of fused-ring (bicyclic) bond motifs is 1. The van der Waals surface area contributed by atoms with Crippen LogP contribution < -0.4 is 5.56 Å². The van der Waals surface area contributed by atoms with Crippen molar-refractivity contribution in [2.45, 2.75) is 26.8 Å². The third-order valence-electron chi connectivity index (χ3n) is 4.90. The van der Waals surface area contributed by atoms with Crippen LogP contribution in [-0.4, -0.2) is 32.3 Å². The molecule has 0 spiro atoms. The highest BCUT2D eigenvalue weighted by atomic mass is 35.5. The average Bonchev–Trinajstić information content (AvgIpc) is 3.14. The molecule has 6 nitrogen and oxygen atoms in total. The summed E-state index contributed by atoms with van der Waals surface area (Å²) < 4.78 is 0. The number of carbonyl (C=O) groups is 1. The zero-order valence-electron chi connectivity index (χ0n) is 17.5. The van der Waals surface area contributed by atoms with Crippen molar-refractivity contribution >= 4 is 51.3 Å². The Morgan fingerprint density at radius 2 is 1.91 bits per heavy atom. The molecule has 1 N–H and O–H groups in total. The number of carbonyl (C=O) groups excluding carboxylic acids is 1. The predicted octanol–water partition coefficient (Wildman–Crippen LogP) is 5.71. The molecule has 2 heterocycles. The number of aromatic nitrogens is 3. The zero-order chi connectivity index (χ0) is 22.8. The van der Waals surface area contributed by atoms with Gasteiger partial charge >= 0.3 is 0 Å². The summed E-state index contributed by atoms with van der Waals surface area (Å²) in [4.78, 5) is 40.0. The van der Waals surface area contributed by atoms with Crippen LogP contribution in [-0.2, 0) is 6.54 Å². The van der Waals surface area contributed by atoms with Gasteiger partial charge in [-0.1, -0.05) is 42.3 Å². The number of thiazole rings is 1. The molecule has 4 aromatic rings. The summed E-state index contributed by atoms with van der Waals surface area (Å²) in [5.41, 5.74) is 1.76. The van der Waals surface area contributed by atoms with Crippen molar-refractivity contribution in [3.63, 3.8) is 0 Å². The second-order valence-corrected chi connectivity index (χ2v) is 9.22. The Bertz CT molecular complexity index is 1370. The standard InChI is InChI=1S/C23H20Cl2N4O2S/c1-3-9-29(12-19-27-18-11-16(25)7-8-17(18)21(30)28-19)23(31)20-13(2)26-22(32-20)14-5-4-6-15(24)10-14/h4-8,10-11H,3,9,12H2,1-2H3,(H,27,28,30). The summed E-state index contributed by atoms with van der Waals surface area (Å²) in [6, 6.07) is 12.3. The molecule has 0 aliphatic rings. The lowest BCUT2D eigenvalue weighted by Crippen LogP contribution is -2.32. The van der Waals surface area contributed by atoms with E-state index in [9.17, 15) is 9.59 Å². The fraction of sp³-hybridized carbons (Fsp3) is 0.217. The van der Waals surface area contributed by atoms with E-state index in [1.165, 1.54) is 11.3 Å². The van der Waals surface area contributed by atoms with Gasteiger partial charge < -0.3 is 9.88 Å². The molecule has 0 fully saturated rings. The average molecular weight is 487 g/mol. The van der Waals surface area contributed by atoms with Crippen LogP contribution in [0.15, 0.2) is 47.3 Å². The van der Waals surface area contributed by atoms with Crippen LogP contribution in [0.1, 0.15) is 34.5 Å². The van der Waals surface area contributed by atoms with Crippen molar-refractivity contribution in [3.05, 3.63) is 79.3 Å². The van der Waals surface area contributed by atoms with Crippen LogP contribution >= 0.6 is 34.5 Å². The van der Waals surface area contributed by atoms with Crippen molar-refractivity contribution in [3.8, 4) is 10.6 Å². The van der Waals surface area contributed by atoms with Crippen molar-refractivity contribution in [1.82, 2.24) is 19.9 Å². The number of benzene rings is 2. The summed E-state index contributed by atoms with van der Waals surface area (Å²) in [5.74, 6) is 0.257. The first-order valence-electron chi connectivity index (χ1n) is 10.1. The van der Waals surface area contributed by atoms with Crippen LogP contribution in [0.2, 0.25) is 10.0 Å². The van der Waals surface area contributed by atoms with Crippen molar-refractivity contribution in [2.24, 2.45) is 0 Å². The smallest absolute Gasteiger partial charge is 0.266 e. The summed E-state index contributed by atoms with van der Waals surface area (Å²) >= 11 is 13.5. The topological polar surface area (TPSA) is 79.0 Å². The van der Waals surface area contributed by atoms with Crippen molar-refractivity contribution in [1.29, 1.82) is 0 Å². The largest absolute Gasteiger partial charge is 0.330 e. The van der Waals surface area contributed by atoms with Gasteiger partial charge in [-0.05, 0) is 43.7 Å². The fourth-order valence-corrected chi connectivity index (χ4v) is 4.81. The van der Waals surface area contributed by atoms with Gasteiger partial charge in [-0.15, -0.1) is 11.3 Å². The Balaban J connectivity index is 1.65. The van der Waals surface area contributed by atoms with Gasteiger partial charge in [-0.2, -0.15) is 0 Å². The van der Waals surface area contributed by atoms with Gasteiger partial charge in [0.15, 0.2) is 0 Å². The second-order valence-electron chi connectivity index (χ2n) is 7.34. The minimum absolute atomic E-state index is 0.149. The Labute approximate surface area is 198 Å². The third-order valence-corrected chi connectivity index (χ3v) is 6.57. The molecule has 2 aromatic heterocycles. The number of halogens is 2. The number of aryl methyl sites for hydroxylation is 1. The molecular formula is C23H20Cl2N4O2S. The normalized spacial score (nSPS) is 11.1. The number of nitrogens with zero attached hydrogens (tertiary/aromatic N) is 3. The number of H-pyrrole nitrogens is 1. The van der Waals surface area contributed by atoms with E-state index in [2.05, 4.69) is 15.0 Å². The van der Waals surface area contributed by atoms with Crippen LogP contribution in [0.25, 0.3) is 21.5 Å². The summed E-state index contributed by atoms with van der Waals surface area (Å²) in [6.07, 6.45) is 0.758. The van der Waals surface area contributed by atoms with Gasteiger partial charge in [0, 0.05) is 22.2 Å². The molecule has 2 aromatic carbocycles. The predicted molar refractivity (Wildman–Crippen MR) is 130 cm³/mol. The molecule has 9 heteroatoms. The zero-order valence-corrected chi connectivity index (χ0v) is 19.8. The highest BCUT2D eigenvalue weighted by molar-refractivity contribution is 7.17. The number of hydrogen-bond donors (Lipinski definition) is 1. The lowest BCUT2D eigenvalue weighted by Gasteiger charge is -2.21. The van der Waals surface area contributed by atoms with E-state index in [4.69, 9.17) is 23.2 Å². The van der Waals surface area contributed by atoms with E-state index in [0.717, 1.165) is 17.0 Å². The summed E-state index contributed by atoms with van der Waals surface area (Å²) in [7, 11) is 0. The maximum atomic E-state index is 13.4. The molecule has 0 atom stereocenters. The van der Waals surface area contributed by atoms with Crippen LogP contribution in [0.4, 0.5) is 0 Å². The number of aromatic amines is 1. The van der Waals surface area contributed by atoms with Gasteiger partial charge in [0.05, 0.1) is 23.1 Å². The SMILES string of the molecule is CCCN(Cc1nc2cc(Cl)ccc2c(=O)[nH]1)C(=O)c1sc(-c2cccc(Cl)c2)nc1C. The van der Waals surface area contributed by atoms with E-state index < -0.39 is 0 Å². The molecule has 164 valence electrons. The van der Waals surface area contributed by atoms with Gasteiger partial charge in [0.25, 0.3) is 11.5 Å². The van der Waals surface area contributed by atoms with Gasteiger partial charge in [0.2, 0.25) is 0 Å². The Morgan fingerprint density at radius 1 is 1.12 bits per heavy atom. The molecule has 0 bridgehead atoms. The first-order chi connectivity index (χ1) is 15.4. The lowest BCUT2D eigenvalue weighted by atomic mass is 10.2. The van der Waals surface area contributed by atoms with Crippen LogP contribution in [0.5, 0.6) is 0 Å². The molecule has 0 radical (unpaired) electrons. The Hall–Kier alpha value is -2.74. The monoisotopic (exact) mass is 486 g/mol. The van der Waals surface area contributed by atoms with Crippen LogP contribution in [0.3, 0.4) is 0 Å². The molecule has 0 saturated carbocycles. The quantitative estimate of drug-likeness (QED) is 0.378. The van der Waals surface area contributed by atoms with Crippen LogP contribution in [0, 0.1) is 6.92 Å². The molecule has 0 aliphatic heterocycles. The Morgan fingerprint density at radius 3 is 2.66 bits per heavy atom. The molecule has 1 amide bonds. The second kappa shape index (κ2) is 9.40. The molecule has 0 unspecified atom stereocenters. The highest BCUT2D eigenvalue weighted by Crippen LogP contribution is 2.30. The minimum atomic E-state index is -0.261. The maximum absolute atomic E-state index is 13.4. The first kappa shape index (κ1) is 22.5. The molecule has 0 saturated heterocycles. The van der Waals surface area contributed by atoms with Gasteiger partial charge in [-0.3, -0.25) is 9.59 Å². The number of rotatable bonds is 6. The number of hydrogen-bond acceptors (Lipinski definition) is 5. The van der Waals surface area contributed by atoms with E-state index in [1.54, 1.807) is 29.2 Å². The summed E-state index contributed by atoms with van der Waals surface area (Å²) in [5, 5.41) is 2.30. The molecular weight excluding hydrogens is 467 g/mol.